The molecule has 1 aromatic carbocycles. The Morgan fingerprint density at radius 1 is 1.16 bits per heavy atom. The molecule has 0 aliphatic rings. The largest absolute Gasteiger partial charge is 0.754 e. The molecular weight excluding hydrogens is 584 g/mol. The number of nitrogens with zero attached hydrogens (tertiary/aromatic N) is 4. The van der Waals surface area contributed by atoms with Crippen LogP contribution in [0, 0.1) is 13.8 Å². The Morgan fingerprint density at radius 3 is 2.57 bits per heavy atom. The third kappa shape index (κ3) is 6.96. The topological polar surface area (TPSA) is 170 Å². The summed E-state index contributed by atoms with van der Waals surface area (Å²) in [6.07, 6.45) is 2.85. The molecule has 0 bridgehead atoms. The molecule has 5 aromatic rings. The number of fused-ring (bicyclic) bond motifs is 1. The zero-order chi connectivity index (χ0) is 31.6. The smallest absolute Gasteiger partial charge is 0.413 e. The molecule has 5 rings (SSSR count). The summed E-state index contributed by atoms with van der Waals surface area (Å²) in [4.78, 5) is 22.3. The van der Waals surface area contributed by atoms with E-state index < -0.39 is 23.0 Å². The molecule has 0 saturated carbocycles. The lowest BCUT2D eigenvalue weighted by atomic mass is 10.0. The van der Waals surface area contributed by atoms with Gasteiger partial charge in [-0.25, -0.2) is 9.78 Å². The number of hydrogen-bond donors (Lipinski definition) is 2. The standard InChI is InChI=1S/C31H34N6O6S/c1-18-23-14-25(33-16-26(23)37(36-18)44(39)40)24-15-27(42-17-21(32)13-20-9-7-6-8-10-20)29(35-30(38)43-31(3,4)5)34-28(24)22-11-12-41-19(22)2/h6-12,14-16,21H,13,17,32H2,1-5H3,(H,39,40)(H,34,35,38)/p-1/t21-/m0/s1. The van der Waals surface area contributed by atoms with Gasteiger partial charge < -0.3 is 24.2 Å². The van der Waals surface area contributed by atoms with Crippen molar-refractivity contribution in [1.82, 2.24) is 19.2 Å². The molecule has 3 N–H and O–H groups in total. The molecule has 13 heteroatoms. The Balaban J connectivity index is 1.61. The van der Waals surface area contributed by atoms with Crippen LogP contribution < -0.4 is 15.8 Å². The van der Waals surface area contributed by atoms with Crippen molar-refractivity contribution in [2.75, 3.05) is 11.9 Å². The Morgan fingerprint density at radius 2 is 1.91 bits per heavy atom. The van der Waals surface area contributed by atoms with Crippen LogP contribution >= 0.6 is 0 Å². The van der Waals surface area contributed by atoms with E-state index in [0.29, 0.717) is 51.3 Å². The molecule has 0 radical (unpaired) electrons. The van der Waals surface area contributed by atoms with E-state index >= 15 is 0 Å². The van der Waals surface area contributed by atoms with Crippen molar-refractivity contribution < 1.29 is 27.4 Å². The number of anilines is 1. The van der Waals surface area contributed by atoms with Crippen LogP contribution in [0.15, 0.2) is 65.4 Å². The number of ether oxygens (including phenoxy) is 2. The molecule has 1 unspecified atom stereocenters. The van der Waals surface area contributed by atoms with Gasteiger partial charge >= 0.3 is 6.09 Å². The van der Waals surface area contributed by atoms with Gasteiger partial charge in [0, 0.05) is 22.6 Å². The normalized spacial score (nSPS) is 13.1. The van der Waals surface area contributed by atoms with Crippen LogP contribution in [0.3, 0.4) is 0 Å². The highest BCUT2D eigenvalue weighted by Gasteiger charge is 2.24. The second-order valence-corrected chi connectivity index (χ2v) is 12.1. The van der Waals surface area contributed by atoms with Gasteiger partial charge in [0.25, 0.3) is 0 Å². The first-order valence-corrected chi connectivity index (χ1v) is 14.9. The fourth-order valence-electron chi connectivity index (χ4n) is 4.69. The lowest BCUT2D eigenvalue weighted by molar-refractivity contribution is 0.0634. The SMILES string of the molecule is Cc1occc1-c1nc(NC(=O)OC(C)(C)C)c(OC[C@@H](N)Cc2ccccc2)cc1-c1cc2c(C)nn(S(=O)[O-])c2cn1. The van der Waals surface area contributed by atoms with E-state index in [9.17, 15) is 13.6 Å². The fraction of sp³-hybridized carbons (Fsp3) is 0.290. The van der Waals surface area contributed by atoms with Gasteiger partial charge in [0.05, 0.1) is 40.8 Å². The van der Waals surface area contributed by atoms with Gasteiger partial charge in [0.15, 0.2) is 11.6 Å². The van der Waals surface area contributed by atoms with E-state index in [1.54, 1.807) is 59.1 Å². The third-order valence-electron chi connectivity index (χ3n) is 6.65. The number of furan rings is 1. The molecule has 0 fully saturated rings. The molecule has 2 atom stereocenters. The van der Waals surface area contributed by atoms with Gasteiger partial charge in [-0.3, -0.25) is 14.5 Å². The zero-order valence-electron chi connectivity index (χ0n) is 25.0. The number of nitrogens with one attached hydrogen (secondary N) is 1. The average molecular weight is 618 g/mol. The molecule has 1 amide bonds. The van der Waals surface area contributed by atoms with Crippen molar-refractivity contribution in [2.45, 2.75) is 52.7 Å². The van der Waals surface area contributed by atoms with E-state index in [1.165, 1.54) is 6.20 Å². The lowest BCUT2D eigenvalue weighted by Gasteiger charge is -2.21. The molecule has 0 aliphatic heterocycles. The van der Waals surface area contributed by atoms with Gasteiger partial charge in [0.2, 0.25) is 0 Å². The van der Waals surface area contributed by atoms with Crippen molar-refractivity contribution in [3.05, 3.63) is 78.0 Å². The Labute approximate surface area is 257 Å². The number of benzene rings is 1. The Hall–Kier alpha value is -4.59. The molecule has 0 aliphatic carbocycles. The zero-order valence-corrected chi connectivity index (χ0v) is 25.8. The van der Waals surface area contributed by atoms with Gasteiger partial charge in [0.1, 0.15) is 23.5 Å². The number of aromatic nitrogens is 4. The summed E-state index contributed by atoms with van der Waals surface area (Å²) < 4.78 is 41.6. The summed E-state index contributed by atoms with van der Waals surface area (Å²) in [5, 5.41) is 7.44. The molecule has 44 heavy (non-hydrogen) atoms. The Kier molecular flexibility index (Phi) is 8.81. The summed E-state index contributed by atoms with van der Waals surface area (Å²) in [6, 6.07) is 14.7. The molecule has 4 heterocycles. The molecular formula is C31H33N6O6S-. The molecule has 0 saturated heterocycles. The van der Waals surface area contributed by atoms with Crippen molar-refractivity contribution in [3.63, 3.8) is 0 Å². The van der Waals surface area contributed by atoms with Crippen LogP contribution in [0.5, 0.6) is 5.75 Å². The minimum Gasteiger partial charge on any atom is -0.754 e. The number of hydrogen-bond acceptors (Lipinski definition) is 10. The van der Waals surface area contributed by atoms with E-state index in [1.807, 2.05) is 30.3 Å². The summed E-state index contributed by atoms with van der Waals surface area (Å²) in [5.41, 5.74) is 9.72. The molecule has 4 aromatic heterocycles. The molecule has 230 valence electrons. The number of rotatable bonds is 9. The second-order valence-electron chi connectivity index (χ2n) is 11.3. The number of nitrogens with two attached hydrogens (primary N) is 1. The van der Waals surface area contributed by atoms with Crippen molar-refractivity contribution >= 4 is 34.1 Å². The first-order chi connectivity index (χ1) is 20.9. The van der Waals surface area contributed by atoms with Crippen molar-refractivity contribution in [3.8, 4) is 28.3 Å². The summed E-state index contributed by atoms with van der Waals surface area (Å²) in [7, 11) is 0. The molecule has 0 spiro atoms. The number of amides is 1. The summed E-state index contributed by atoms with van der Waals surface area (Å²) >= 11 is -2.60. The lowest BCUT2D eigenvalue weighted by Crippen LogP contribution is -2.31. The van der Waals surface area contributed by atoms with Gasteiger partial charge in [-0.15, -0.1) is 0 Å². The fourth-order valence-corrected chi connectivity index (χ4v) is 5.19. The highest BCUT2D eigenvalue weighted by Crippen LogP contribution is 2.39. The predicted octanol–water partition coefficient (Wildman–Crippen LogP) is 5.31. The van der Waals surface area contributed by atoms with Crippen molar-refractivity contribution in [2.24, 2.45) is 5.73 Å². The summed E-state index contributed by atoms with van der Waals surface area (Å²) in [6.45, 7) is 8.92. The van der Waals surface area contributed by atoms with Crippen LogP contribution in [0.1, 0.15) is 37.8 Å². The highest BCUT2D eigenvalue weighted by molar-refractivity contribution is 7.77. The van der Waals surface area contributed by atoms with Gasteiger partial charge in [-0.1, -0.05) is 30.3 Å². The van der Waals surface area contributed by atoms with E-state index in [4.69, 9.17) is 24.6 Å². The highest BCUT2D eigenvalue weighted by atomic mass is 32.2. The van der Waals surface area contributed by atoms with E-state index in [-0.39, 0.29) is 24.2 Å². The number of carbonyl (C=O) groups excluding carboxylic acids is 1. The maximum Gasteiger partial charge on any atom is 0.413 e. The van der Waals surface area contributed by atoms with Crippen LogP contribution in [0.4, 0.5) is 10.6 Å². The van der Waals surface area contributed by atoms with E-state index in [2.05, 4.69) is 15.4 Å². The number of pyridine rings is 2. The minimum atomic E-state index is -2.60. The maximum absolute atomic E-state index is 12.9. The first kappa shape index (κ1) is 30.9. The van der Waals surface area contributed by atoms with Crippen LogP contribution in [-0.2, 0) is 22.4 Å². The van der Waals surface area contributed by atoms with Crippen LogP contribution in [0.2, 0.25) is 0 Å². The van der Waals surface area contributed by atoms with E-state index in [0.717, 1.165) is 9.65 Å². The van der Waals surface area contributed by atoms with Crippen molar-refractivity contribution in [1.29, 1.82) is 0 Å². The first-order valence-electron chi connectivity index (χ1n) is 13.9. The monoisotopic (exact) mass is 617 g/mol. The quantitative estimate of drug-likeness (QED) is 0.207. The second kappa shape index (κ2) is 12.6. The van der Waals surface area contributed by atoms with Crippen LogP contribution in [-0.4, -0.2) is 52.3 Å². The van der Waals surface area contributed by atoms with Gasteiger partial charge in [-0.2, -0.15) is 9.19 Å². The Bertz CT molecular complexity index is 1830. The minimum absolute atomic E-state index is 0.122. The van der Waals surface area contributed by atoms with Gasteiger partial charge in [-0.05, 0) is 64.8 Å². The predicted molar refractivity (Wildman–Crippen MR) is 166 cm³/mol. The maximum atomic E-state index is 12.9. The third-order valence-corrected chi connectivity index (χ3v) is 7.21. The average Bonchev–Trinajstić information content (AvgIpc) is 3.54. The summed E-state index contributed by atoms with van der Waals surface area (Å²) in [5.74, 6) is 0.957. The van der Waals surface area contributed by atoms with Crippen LogP contribution in [0.25, 0.3) is 33.4 Å². The molecule has 12 nitrogen and oxygen atoms in total. The number of carbonyl (C=O) groups is 1. The number of aryl methyl sites for hydroxylation is 2.